The Morgan fingerprint density at radius 3 is 1.31 bits per heavy atom. The van der Waals surface area contributed by atoms with E-state index in [4.69, 9.17) is 66.3 Å². The van der Waals surface area contributed by atoms with Gasteiger partial charge in [0, 0.05) is 14.2 Å². The Balaban J connectivity index is 0.861. The first-order chi connectivity index (χ1) is 42.2. The number of fused-ring (bicyclic) bond motifs is 3. The highest BCUT2D eigenvalue weighted by molar-refractivity contribution is 5.30. The first-order valence-corrected chi connectivity index (χ1v) is 31.0. The molecule has 10 aliphatic rings. The lowest BCUT2D eigenvalue weighted by Crippen LogP contribution is -2.69. The van der Waals surface area contributed by atoms with Crippen molar-refractivity contribution in [3.8, 4) is 0 Å². The zero-order chi connectivity index (χ0) is 64.6. The van der Waals surface area contributed by atoms with Gasteiger partial charge in [-0.3, -0.25) is 0 Å². The monoisotopic (exact) mass is 1290 g/mol. The van der Waals surface area contributed by atoms with Crippen molar-refractivity contribution in [1.82, 2.24) is 0 Å². The molecule has 2 bridgehead atoms. The van der Waals surface area contributed by atoms with Gasteiger partial charge in [-0.05, 0) is 85.0 Å². The number of ether oxygens (including phenoxy) is 14. The lowest BCUT2D eigenvalue weighted by Gasteiger charge is -2.64. The minimum atomic E-state index is -2.13. The molecule has 31 unspecified atom stereocenters. The van der Waals surface area contributed by atoms with Gasteiger partial charge in [0.25, 0.3) is 0 Å². The molecule has 89 heavy (non-hydrogen) atoms. The molecule has 17 N–H and O–H groups in total. The van der Waals surface area contributed by atoms with Crippen LogP contribution in [0.1, 0.15) is 78.6 Å². The largest absolute Gasteiger partial charge is 0.394 e. The normalized spacial score (nSPS) is 53.5. The third-order valence-electron chi connectivity index (χ3n) is 21.7. The van der Waals surface area contributed by atoms with E-state index in [9.17, 15) is 86.8 Å². The Morgan fingerprint density at radius 1 is 0.393 bits per heavy atom. The highest BCUT2D eigenvalue weighted by Crippen LogP contribution is 2.73. The van der Waals surface area contributed by atoms with Gasteiger partial charge in [0.05, 0.1) is 45.2 Å². The van der Waals surface area contributed by atoms with Gasteiger partial charge in [-0.2, -0.15) is 0 Å². The molecule has 0 aromatic heterocycles. The van der Waals surface area contributed by atoms with Crippen LogP contribution in [0, 0.1) is 28.1 Å². The predicted octanol–water partition coefficient (Wildman–Crippen LogP) is -6.66. The van der Waals surface area contributed by atoms with Crippen molar-refractivity contribution in [3.05, 3.63) is 12.2 Å². The third kappa shape index (κ3) is 12.7. The molecule has 6 saturated heterocycles. The van der Waals surface area contributed by atoms with Gasteiger partial charge in [-0.25, -0.2) is 0 Å². The molecule has 10 rings (SSSR count). The molecule has 6 aliphatic heterocycles. The van der Waals surface area contributed by atoms with Gasteiger partial charge >= 0.3 is 0 Å². The quantitative estimate of drug-likeness (QED) is 0.0398. The minimum Gasteiger partial charge on any atom is -0.394 e. The number of hydrogen-bond donors (Lipinski definition) is 17. The molecule has 35 atom stereocenters. The average molecular weight is 1290 g/mol. The fourth-order valence-corrected chi connectivity index (χ4v) is 17.1. The van der Waals surface area contributed by atoms with E-state index in [2.05, 4.69) is 27.4 Å². The van der Waals surface area contributed by atoms with E-state index in [1.165, 1.54) is 7.11 Å². The number of rotatable bonds is 20. The maximum absolute atomic E-state index is 12.2. The number of methoxy groups -OCH3 is 2. The van der Waals surface area contributed by atoms with Crippen LogP contribution in [-0.4, -0.2) is 331 Å². The molecule has 4 saturated carbocycles. The molecule has 0 aromatic rings. The standard InChI is InChI=1S/C58H96O31/c1-22-14-57-12-8-29-55(2,3)10-7-11-56(29,4)30(57)9-13-58(22,21-57)89-54-48(88-52-40(74)45(76-5)32(66)24(16-60)79-52)47(33(67)25(17-61)80-54)87-53-41(75)46(77-6)44(28(20-64)83-53)86-51-39(73)36(70)43(27(19-63)82-51)85-50-38(72)35(69)42(26(18-62)81-50)84-49-37(71)34(68)31(65)23(15-59)78-49/h23-54,59-75H,1,7-21H2,2-6H3/t23?,24?,25?,26?,27?,28?,29?,30-,31?,32?,33?,34?,35?,36?,37?,38?,39?,40?,41?,42?,43?,44?,45?,46?,47?,48?,49?,50?,51?,52?,53?,54?,56+,57+,58-/m0/s1. The Bertz CT molecular complexity index is 2320. The van der Waals surface area contributed by atoms with Gasteiger partial charge in [-0.15, -0.1) is 0 Å². The summed E-state index contributed by atoms with van der Waals surface area (Å²) in [5.74, 6) is 0.889. The molecule has 4 aliphatic carbocycles. The molecule has 0 amide bonds. The molecule has 514 valence electrons. The van der Waals surface area contributed by atoms with Crippen molar-refractivity contribution in [1.29, 1.82) is 0 Å². The van der Waals surface area contributed by atoms with Crippen LogP contribution in [0.4, 0.5) is 0 Å². The van der Waals surface area contributed by atoms with Crippen LogP contribution in [0.5, 0.6) is 0 Å². The van der Waals surface area contributed by atoms with Gasteiger partial charge in [0.2, 0.25) is 0 Å². The highest BCUT2D eigenvalue weighted by atomic mass is 16.8. The molecule has 10 fully saturated rings. The van der Waals surface area contributed by atoms with E-state index in [-0.39, 0.29) is 16.2 Å². The Morgan fingerprint density at radius 2 is 0.798 bits per heavy atom. The van der Waals surface area contributed by atoms with Crippen molar-refractivity contribution in [2.45, 2.75) is 268 Å². The summed E-state index contributed by atoms with van der Waals surface area (Å²) in [6.07, 6.45) is -44.8. The van der Waals surface area contributed by atoms with Crippen LogP contribution in [0.2, 0.25) is 0 Å². The lowest BCUT2D eigenvalue weighted by molar-refractivity contribution is -0.408. The van der Waals surface area contributed by atoms with Crippen LogP contribution in [0.3, 0.4) is 0 Å². The summed E-state index contributed by atoms with van der Waals surface area (Å²) in [6.45, 7) is 6.59. The second kappa shape index (κ2) is 27.9. The summed E-state index contributed by atoms with van der Waals surface area (Å²) < 4.78 is 84.5. The molecule has 6 heterocycles. The third-order valence-corrected chi connectivity index (χ3v) is 21.7. The SMILES string of the molecule is C=C1C[C@@]23CCC4C(C)(C)CCC[C@@]4(C)[C@@H]2CC[C@]1(OC1OC(CO)C(O)C(OC2OC(CO)C(OC4OC(CO)C(OC5OC(CO)C(OC6OC(CO)C(O)C(O)C6O)C(O)C5O)C(O)C4O)C(OC)C2O)C1OC1OC(CO)C(O)C(OC)C1O)C3. The smallest absolute Gasteiger partial charge is 0.188 e. The predicted molar refractivity (Wildman–Crippen MR) is 292 cm³/mol. The Labute approximate surface area is 514 Å². The summed E-state index contributed by atoms with van der Waals surface area (Å²) in [5.41, 5.74) is -0.125. The summed E-state index contributed by atoms with van der Waals surface area (Å²) in [7, 11) is 2.37. The first kappa shape index (κ1) is 70.3. The van der Waals surface area contributed by atoms with Gasteiger partial charge in [0.15, 0.2) is 37.7 Å². The molecule has 0 radical (unpaired) electrons. The molecular weight excluding hydrogens is 1190 g/mol. The Kier molecular flexibility index (Phi) is 22.1. The molecule has 1 spiro atoms. The number of aliphatic hydroxyl groups is 17. The van der Waals surface area contributed by atoms with Crippen LogP contribution >= 0.6 is 0 Å². The zero-order valence-corrected chi connectivity index (χ0v) is 50.6. The van der Waals surface area contributed by atoms with Crippen molar-refractivity contribution in [2.24, 2.45) is 28.1 Å². The summed E-state index contributed by atoms with van der Waals surface area (Å²) in [4.78, 5) is 0. The molecule has 0 aromatic carbocycles. The van der Waals surface area contributed by atoms with E-state index in [1.807, 2.05) is 0 Å². The molecular formula is C58H96O31. The Hall–Kier alpha value is -1.50. The zero-order valence-electron chi connectivity index (χ0n) is 50.6. The van der Waals surface area contributed by atoms with Gasteiger partial charge < -0.3 is 153 Å². The van der Waals surface area contributed by atoms with Crippen molar-refractivity contribution < 1.29 is 153 Å². The van der Waals surface area contributed by atoms with E-state index in [1.54, 1.807) is 0 Å². The fourth-order valence-electron chi connectivity index (χ4n) is 17.1. The topological polar surface area (TPSA) is 473 Å². The highest BCUT2D eigenvalue weighted by Gasteiger charge is 2.68. The van der Waals surface area contributed by atoms with Crippen molar-refractivity contribution in [3.63, 3.8) is 0 Å². The van der Waals surface area contributed by atoms with E-state index >= 15 is 0 Å². The maximum atomic E-state index is 12.2. The second-order valence-electron chi connectivity index (χ2n) is 27.1. The fraction of sp³-hybridized carbons (Fsp3) is 0.966. The molecule has 31 heteroatoms. The minimum absolute atomic E-state index is 0.0719. The summed E-state index contributed by atoms with van der Waals surface area (Å²) in [6, 6.07) is 0. The van der Waals surface area contributed by atoms with Gasteiger partial charge in [0.1, 0.15) is 146 Å². The maximum Gasteiger partial charge on any atom is 0.188 e. The van der Waals surface area contributed by atoms with Gasteiger partial charge in [-0.1, -0.05) is 33.8 Å². The van der Waals surface area contributed by atoms with E-state index in [0.29, 0.717) is 31.1 Å². The average Bonchev–Trinajstić information content (AvgIpc) is 1.69. The first-order valence-electron chi connectivity index (χ1n) is 31.0. The van der Waals surface area contributed by atoms with E-state index in [0.717, 1.165) is 51.2 Å². The van der Waals surface area contributed by atoms with E-state index < -0.39 is 229 Å². The summed E-state index contributed by atoms with van der Waals surface area (Å²) >= 11 is 0. The van der Waals surface area contributed by atoms with Crippen molar-refractivity contribution in [2.75, 3.05) is 53.9 Å². The number of hydrogen-bond acceptors (Lipinski definition) is 31. The van der Waals surface area contributed by atoms with Crippen LogP contribution in [0.25, 0.3) is 0 Å². The van der Waals surface area contributed by atoms with Crippen LogP contribution in [0.15, 0.2) is 12.2 Å². The van der Waals surface area contributed by atoms with Crippen molar-refractivity contribution >= 4 is 0 Å². The number of aliphatic hydroxyl groups excluding tert-OH is 17. The van der Waals surface area contributed by atoms with Crippen LogP contribution < -0.4 is 0 Å². The lowest BCUT2D eigenvalue weighted by atomic mass is 9.41. The second-order valence-corrected chi connectivity index (χ2v) is 27.1. The summed E-state index contributed by atoms with van der Waals surface area (Å²) in [5, 5.41) is 186. The molecule has 31 nitrogen and oxygen atoms in total. The van der Waals surface area contributed by atoms with Crippen LogP contribution in [-0.2, 0) is 66.3 Å².